The van der Waals surface area contributed by atoms with E-state index in [4.69, 9.17) is 27.3 Å². The van der Waals surface area contributed by atoms with Crippen LogP contribution >= 0.6 is 11.6 Å². The summed E-state index contributed by atoms with van der Waals surface area (Å²) >= 11 is 6.72. The third-order valence-corrected chi connectivity index (χ3v) is 10.8. The number of pyridine rings is 1. The highest BCUT2D eigenvalue weighted by Gasteiger charge is 2.48. The Morgan fingerprint density at radius 2 is 1.98 bits per heavy atom. The van der Waals surface area contributed by atoms with Crippen molar-refractivity contribution < 1.29 is 8.78 Å². The molecule has 0 radical (unpaired) electrons. The van der Waals surface area contributed by atoms with Crippen molar-refractivity contribution in [1.29, 1.82) is 0 Å². The number of aromatic nitrogens is 3. The minimum absolute atomic E-state index is 0.145. The molecule has 44 heavy (non-hydrogen) atoms. The zero-order valence-electron chi connectivity index (χ0n) is 25.4. The normalized spacial score (nSPS) is 26.2. The van der Waals surface area contributed by atoms with Crippen LogP contribution in [0.25, 0.3) is 22.2 Å². The quantitative estimate of drug-likeness (QED) is 0.318. The van der Waals surface area contributed by atoms with E-state index in [0.717, 1.165) is 94.6 Å². The number of hydrogen-bond acceptors (Lipinski definition) is 7. The number of benzene rings is 1. The van der Waals surface area contributed by atoms with Crippen LogP contribution in [0.4, 0.5) is 20.3 Å². The van der Waals surface area contributed by atoms with E-state index in [1.807, 2.05) is 0 Å². The Labute approximate surface area is 263 Å². The van der Waals surface area contributed by atoms with Crippen LogP contribution in [0.3, 0.4) is 0 Å². The first-order valence-corrected chi connectivity index (χ1v) is 16.7. The number of hydrogen-bond donors (Lipinski definition) is 2. The number of rotatable bonds is 3. The third kappa shape index (κ3) is 5.62. The second-order valence-electron chi connectivity index (χ2n) is 13.4. The van der Waals surface area contributed by atoms with Crippen molar-refractivity contribution in [2.24, 2.45) is 5.92 Å². The Bertz CT molecular complexity index is 1580. The molecule has 5 aliphatic heterocycles. The lowest BCUT2D eigenvalue weighted by atomic mass is 9.88. The number of nitrogens with one attached hydrogen (secondary N) is 1. The maximum atomic E-state index is 16.8. The summed E-state index contributed by atoms with van der Waals surface area (Å²) in [5, 5.41) is 4.66. The van der Waals surface area contributed by atoms with Gasteiger partial charge in [-0.3, -0.25) is 9.88 Å². The number of allylic oxidation sites excluding steroid dienone is 1. The summed E-state index contributed by atoms with van der Waals surface area (Å²) in [6, 6.07) is 3.50. The molecule has 8 rings (SSSR count). The SMILES string of the molecule is C=C1CCCCc2c(Cl)cc(N)cc2-c2ncc3c(nc(CCC45CCCN4CC(F)C5)nc3c2F)N2CCC(CCN1)C2. The van der Waals surface area contributed by atoms with E-state index in [1.54, 1.807) is 18.3 Å². The van der Waals surface area contributed by atoms with Crippen LogP contribution < -0.4 is 16.0 Å². The van der Waals surface area contributed by atoms with Gasteiger partial charge in [0.15, 0.2) is 5.82 Å². The van der Waals surface area contributed by atoms with E-state index in [1.165, 1.54) is 0 Å². The molecule has 0 amide bonds. The van der Waals surface area contributed by atoms with E-state index in [-0.39, 0.29) is 16.7 Å². The van der Waals surface area contributed by atoms with E-state index in [0.29, 0.717) is 59.2 Å². The molecule has 7 nitrogen and oxygen atoms in total. The van der Waals surface area contributed by atoms with Gasteiger partial charge in [-0.1, -0.05) is 18.2 Å². The van der Waals surface area contributed by atoms with Gasteiger partial charge in [0.25, 0.3) is 0 Å². The van der Waals surface area contributed by atoms with Crippen LogP contribution in [0.15, 0.2) is 30.6 Å². The average Bonchev–Trinajstić information content (AvgIpc) is 3.69. The summed E-state index contributed by atoms with van der Waals surface area (Å²) in [5.74, 6) is 1.37. The lowest BCUT2D eigenvalue weighted by Crippen LogP contribution is -2.38. The summed E-state index contributed by atoms with van der Waals surface area (Å²) in [4.78, 5) is 19.2. The molecule has 7 heterocycles. The zero-order chi connectivity index (χ0) is 30.4. The van der Waals surface area contributed by atoms with Crippen LogP contribution in [-0.4, -0.2) is 64.3 Å². The van der Waals surface area contributed by atoms with Gasteiger partial charge in [-0.15, -0.1) is 0 Å². The highest BCUT2D eigenvalue weighted by Crippen LogP contribution is 2.43. The van der Waals surface area contributed by atoms with Gasteiger partial charge in [-0.2, -0.15) is 0 Å². The highest BCUT2D eigenvalue weighted by molar-refractivity contribution is 6.32. The van der Waals surface area contributed by atoms with E-state index in [9.17, 15) is 4.39 Å². The topological polar surface area (TPSA) is 83.2 Å². The van der Waals surface area contributed by atoms with Gasteiger partial charge in [0.2, 0.25) is 0 Å². The number of anilines is 2. The molecular weight excluding hydrogens is 580 g/mol. The molecule has 0 saturated carbocycles. The molecule has 10 heteroatoms. The van der Waals surface area contributed by atoms with E-state index < -0.39 is 12.0 Å². The number of fused-ring (bicyclic) bond motifs is 9. The minimum Gasteiger partial charge on any atom is -0.399 e. The van der Waals surface area contributed by atoms with Crippen LogP contribution in [0, 0.1) is 11.7 Å². The van der Waals surface area contributed by atoms with Crippen molar-refractivity contribution >= 4 is 34.0 Å². The summed E-state index contributed by atoms with van der Waals surface area (Å²) < 4.78 is 31.3. The molecule has 0 spiro atoms. The van der Waals surface area contributed by atoms with E-state index >= 15 is 4.39 Å². The summed E-state index contributed by atoms with van der Waals surface area (Å²) in [6.07, 6.45) is 10.4. The van der Waals surface area contributed by atoms with Crippen LogP contribution in [-0.2, 0) is 12.8 Å². The Balaban J connectivity index is 1.32. The first-order chi connectivity index (χ1) is 21.3. The number of nitrogens with zero attached hydrogens (tertiary/aromatic N) is 5. The third-order valence-electron chi connectivity index (χ3n) is 10.4. The Hall–Kier alpha value is -3.04. The maximum Gasteiger partial charge on any atom is 0.175 e. The Kier molecular flexibility index (Phi) is 8.12. The second kappa shape index (κ2) is 12.0. The van der Waals surface area contributed by atoms with Gasteiger partial charge >= 0.3 is 0 Å². The van der Waals surface area contributed by atoms with Crippen LogP contribution in [0.2, 0.25) is 5.02 Å². The highest BCUT2D eigenvalue weighted by atomic mass is 35.5. The molecule has 2 aromatic heterocycles. The molecule has 3 unspecified atom stereocenters. The number of halogens is 3. The molecule has 5 aliphatic rings. The standard InChI is InChI=1S/C34H42ClF2N7/c1-21-5-2-3-6-25-26(15-24(38)16-28(25)35)31-30(37)32-27(18-40-31)33(43-14-9-22(19-43)8-12-39-21)42-29(41-32)7-11-34-10-4-13-44(34)20-23(36)17-34/h15-16,18,22-23,39H,1-14,17,19-20,38H2. The smallest absolute Gasteiger partial charge is 0.175 e. The summed E-state index contributed by atoms with van der Waals surface area (Å²) in [7, 11) is 0. The number of nitrogens with two attached hydrogens (primary N) is 1. The molecule has 0 aliphatic carbocycles. The predicted molar refractivity (Wildman–Crippen MR) is 173 cm³/mol. The number of aryl methyl sites for hydroxylation is 1. The minimum atomic E-state index is -0.790. The van der Waals surface area contributed by atoms with Crippen molar-refractivity contribution in [1.82, 2.24) is 25.2 Å². The molecule has 3 saturated heterocycles. The van der Waals surface area contributed by atoms with Crippen molar-refractivity contribution in [2.45, 2.75) is 82.3 Å². The van der Waals surface area contributed by atoms with Gasteiger partial charge in [0.05, 0.1) is 5.39 Å². The first kappa shape index (κ1) is 29.7. The molecule has 6 bridgehead atoms. The van der Waals surface area contributed by atoms with Gasteiger partial charge in [-0.25, -0.2) is 18.7 Å². The fraction of sp³-hybridized carbons (Fsp3) is 0.559. The molecule has 3 fully saturated rings. The fourth-order valence-corrected chi connectivity index (χ4v) is 8.47. The van der Waals surface area contributed by atoms with Crippen molar-refractivity contribution in [3.05, 3.63) is 52.8 Å². The maximum absolute atomic E-state index is 16.8. The lowest BCUT2D eigenvalue weighted by Gasteiger charge is -2.31. The Morgan fingerprint density at radius 3 is 2.86 bits per heavy atom. The van der Waals surface area contributed by atoms with Gasteiger partial charge in [-0.05, 0) is 94.4 Å². The average molecular weight is 622 g/mol. The summed E-state index contributed by atoms with van der Waals surface area (Å²) in [6.45, 7) is 8.26. The van der Waals surface area contributed by atoms with Crippen LogP contribution in [0.5, 0.6) is 0 Å². The second-order valence-corrected chi connectivity index (χ2v) is 13.8. The predicted octanol–water partition coefficient (Wildman–Crippen LogP) is 6.62. The number of nitrogen functional groups attached to an aromatic ring is 1. The number of alkyl halides is 1. The molecule has 3 atom stereocenters. The van der Waals surface area contributed by atoms with Crippen molar-refractivity contribution in [2.75, 3.05) is 43.4 Å². The molecule has 3 aromatic rings. The summed E-state index contributed by atoms with van der Waals surface area (Å²) in [5.41, 5.74) is 9.52. The molecule has 3 N–H and O–H groups in total. The largest absolute Gasteiger partial charge is 0.399 e. The fourth-order valence-electron chi connectivity index (χ4n) is 8.15. The van der Waals surface area contributed by atoms with Crippen LogP contribution in [0.1, 0.15) is 69.2 Å². The van der Waals surface area contributed by atoms with E-state index in [2.05, 4.69) is 26.7 Å². The molecular formula is C34H42ClF2N7. The van der Waals surface area contributed by atoms with Crippen molar-refractivity contribution in [3.8, 4) is 11.3 Å². The molecule has 1 aromatic carbocycles. The van der Waals surface area contributed by atoms with Gasteiger partial charge < -0.3 is 16.0 Å². The van der Waals surface area contributed by atoms with Gasteiger partial charge in [0, 0.05) is 66.3 Å². The van der Waals surface area contributed by atoms with Gasteiger partial charge in [0.1, 0.15) is 29.0 Å². The van der Waals surface area contributed by atoms with Crippen molar-refractivity contribution in [3.63, 3.8) is 0 Å². The Morgan fingerprint density at radius 1 is 1.11 bits per heavy atom. The molecule has 234 valence electrons. The first-order valence-electron chi connectivity index (χ1n) is 16.3. The monoisotopic (exact) mass is 621 g/mol. The lowest BCUT2D eigenvalue weighted by molar-refractivity contribution is 0.181. The zero-order valence-corrected chi connectivity index (χ0v) is 26.1.